The van der Waals surface area contributed by atoms with Crippen molar-refractivity contribution in [3.63, 3.8) is 0 Å². The topological polar surface area (TPSA) is 67.9 Å². The predicted molar refractivity (Wildman–Crippen MR) is 58.4 cm³/mol. The van der Waals surface area contributed by atoms with Gasteiger partial charge in [-0.05, 0) is 20.8 Å². The van der Waals surface area contributed by atoms with E-state index in [4.69, 9.17) is 33.1 Å². The van der Waals surface area contributed by atoms with Crippen molar-refractivity contribution in [2.75, 3.05) is 26.4 Å². The fourth-order valence-corrected chi connectivity index (χ4v) is 3.03. The van der Waals surface area contributed by atoms with E-state index in [0.29, 0.717) is 32.5 Å². The van der Waals surface area contributed by atoms with Crippen LogP contribution in [0.2, 0.25) is 6.04 Å². The lowest BCUT2D eigenvalue weighted by atomic mass is 10.6. The molecule has 102 valence electrons. The summed E-state index contributed by atoms with van der Waals surface area (Å²) in [4.78, 5) is 14.8. The highest BCUT2D eigenvalue weighted by atomic mass is 28.4. The summed E-state index contributed by atoms with van der Waals surface area (Å²) in [6, 6.07) is 0.438. The van der Waals surface area contributed by atoms with Crippen molar-refractivity contribution in [3.05, 3.63) is 0 Å². The van der Waals surface area contributed by atoms with Gasteiger partial charge in [-0.1, -0.05) is 0 Å². The molecule has 1 heterocycles. The first-order chi connectivity index (χ1) is 8.26. The van der Waals surface area contributed by atoms with E-state index in [9.17, 15) is 0 Å². The summed E-state index contributed by atoms with van der Waals surface area (Å²) in [5.41, 5.74) is 0. The van der Waals surface area contributed by atoms with Crippen LogP contribution in [0.1, 0.15) is 20.8 Å². The number of ether oxygens (including phenoxy) is 1. The molecule has 0 bridgehead atoms. The van der Waals surface area contributed by atoms with Gasteiger partial charge in [-0.15, -0.1) is 0 Å². The van der Waals surface area contributed by atoms with Gasteiger partial charge in [0, 0.05) is 0 Å². The third-order valence-electron chi connectivity index (χ3n) is 1.79. The maximum absolute atomic E-state index is 5.20. The third kappa shape index (κ3) is 5.88. The quantitative estimate of drug-likeness (QED) is 0.241. The van der Waals surface area contributed by atoms with Crippen LogP contribution in [0.4, 0.5) is 0 Å². The van der Waals surface area contributed by atoms with Crippen LogP contribution in [0.3, 0.4) is 0 Å². The Morgan fingerprint density at radius 3 is 1.65 bits per heavy atom. The summed E-state index contributed by atoms with van der Waals surface area (Å²) in [7, 11) is -3.15. The Hall–Kier alpha value is -0.0631. The Kier molecular flexibility index (Phi) is 7.16. The van der Waals surface area contributed by atoms with E-state index in [2.05, 4.69) is 0 Å². The average molecular weight is 268 g/mol. The zero-order chi connectivity index (χ0) is 12.6. The van der Waals surface area contributed by atoms with Crippen molar-refractivity contribution in [1.29, 1.82) is 0 Å². The smallest absolute Gasteiger partial charge is 0.373 e. The maximum atomic E-state index is 5.20. The van der Waals surface area contributed by atoms with Crippen molar-refractivity contribution < 1.29 is 33.1 Å². The molecule has 0 spiro atoms. The summed E-state index contributed by atoms with van der Waals surface area (Å²) >= 11 is 0. The van der Waals surface area contributed by atoms with Crippen LogP contribution in [-0.4, -0.2) is 41.3 Å². The molecule has 1 saturated heterocycles. The Bertz CT molecular complexity index is 178. The van der Waals surface area contributed by atoms with Gasteiger partial charge < -0.3 is 4.74 Å². The van der Waals surface area contributed by atoms with Crippen LogP contribution in [0.5, 0.6) is 0 Å². The zero-order valence-corrected chi connectivity index (χ0v) is 11.5. The van der Waals surface area contributed by atoms with E-state index in [1.54, 1.807) is 20.8 Å². The lowest BCUT2D eigenvalue weighted by Gasteiger charge is -2.24. The van der Waals surface area contributed by atoms with E-state index in [0.717, 1.165) is 0 Å². The molecule has 1 aliphatic heterocycles. The summed E-state index contributed by atoms with van der Waals surface area (Å²) in [6.07, 6.45) is 0.0584. The van der Waals surface area contributed by atoms with E-state index >= 15 is 0 Å². The fourth-order valence-electron chi connectivity index (χ4n) is 1.05. The maximum Gasteiger partial charge on any atom is 0.587 e. The standard InChI is InChI=1S/C9H20O7Si/c1-4-11-14-17(15-12-5-2,16-13-6-3)8-9-7-10-9/h9H,4-8H2,1-3H3. The summed E-state index contributed by atoms with van der Waals surface area (Å²) in [6.45, 7) is 7.20. The molecule has 1 fully saturated rings. The monoisotopic (exact) mass is 268 g/mol. The Labute approximate surface area is 102 Å². The van der Waals surface area contributed by atoms with Crippen LogP contribution in [-0.2, 0) is 33.1 Å². The van der Waals surface area contributed by atoms with Gasteiger partial charge in [-0.3, -0.25) is 0 Å². The zero-order valence-electron chi connectivity index (χ0n) is 10.5. The fraction of sp³-hybridized carbons (Fsp3) is 1.00. The minimum Gasteiger partial charge on any atom is -0.373 e. The molecule has 0 aromatic rings. The van der Waals surface area contributed by atoms with Gasteiger partial charge in [0.25, 0.3) is 0 Å². The minimum absolute atomic E-state index is 0.0584. The van der Waals surface area contributed by atoms with E-state index < -0.39 is 8.80 Å². The van der Waals surface area contributed by atoms with Crippen LogP contribution in [0.25, 0.3) is 0 Å². The first kappa shape index (κ1) is 15.0. The van der Waals surface area contributed by atoms with E-state index in [1.807, 2.05) is 0 Å². The summed E-state index contributed by atoms with van der Waals surface area (Å²) in [5, 5.41) is 0. The van der Waals surface area contributed by atoms with Crippen molar-refractivity contribution in [2.45, 2.75) is 32.9 Å². The molecule has 0 aliphatic carbocycles. The minimum atomic E-state index is -3.15. The molecule has 0 radical (unpaired) electrons. The molecule has 7 nitrogen and oxygen atoms in total. The highest BCUT2D eigenvalue weighted by Gasteiger charge is 2.52. The van der Waals surface area contributed by atoms with E-state index in [1.165, 1.54) is 0 Å². The molecule has 0 aromatic heterocycles. The van der Waals surface area contributed by atoms with Crippen LogP contribution >= 0.6 is 0 Å². The second kappa shape index (κ2) is 8.11. The van der Waals surface area contributed by atoms with Crippen molar-refractivity contribution in [2.24, 2.45) is 0 Å². The van der Waals surface area contributed by atoms with Crippen molar-refractivity contribution in [1.82, 2.24) is 0 Å². The average Bonchev–Trinajstić information content (AvgIpc) is 3.15. The highest BCUT2D eigenvalue weighted by Crippen LogP contribution is 2.26. The Morgan fingerprint density at radius 1 is 0.941 bits per heavy atom. The molecule has 1 atom stereocenters. The molecule has 0 aromatic carbocycles. The molecule has 1 unspecified atom stereocenters. The lowest BCUT2D eigenvalue weighted by molar-refractivity contribution is -0.360. The van der Waals surface area contributed by atoms with Gasteiger partial charge in [-0.25, -0.2) is 28.4 Å². The Balaban J connectivity index is 2.51. The van der Waals surface area contributed by atoms with Crippen LogP contribution < -0.4 is 0 Å². The van der Waals surface area contributed by atoms with Gasteiger partial charge in [-0.2, -0.15) is 0 Å². The molecule has 0 saturated carbocycles. The SMILES string of the molecule is CCOO[Si](CC1CO1)(OOCC)OOCC. The summed E-state index contributed by atoms with van der Waals surface area (Å²) < 4.78 is 20.7. The molecule has 1 aliphatic rings. The normalized spacial score (nSPS) is 19.6. The van der Waals surface area contributed by atoms with E-state index in [-0.39, 0.29) is 6.10 Å². The highest BCUT2D eigenvalue weighted by molar-refractivity contribution is 6.60. The number of rotatable bonds is 11. The molecular weight excluding hydrogens is 248 g/mol. The molecule has 0 N–H and O–H groups in total. The molecule has 1 rings (SSSR count). The first-order valence-corrected chi connectivity index (χ1v) is 7.73. The van der Waals surface area contributed by atoms with Crippen molar-refractivity contribution >= 4 is 8.80 Å². The molecule has 8 heteroatoms. The predicted octanol–water partition coefficient (Wildman–Crippen LogP) is 1.23. The molecule has 0 amide bonds. The number of hydrogen-bond donors (Lipinski definition) is 0. The Morgan fingerprint density at radius 2 is 1.35 bits per heavy atom. The van der Waals surface area contributed by atoms with Crippen LogP contribution in [0.15, 0.2) is 0 Å². The summed E-state index contributed by atoms with van der Waals surface area (Å²) in [5.74, 6) is 0. The van der Waals surface area contributed by atoms with Crippen molar-refractivity contribution in [3.8, 4) is 0 Å². The number of hydrogen-bond acceptors (Lipinski definition) is 7. The largest absolute Gasteiger partial charge is 0.587 e. The molecular formula is C9H20O7Si. The second-order valence-corrected chi connectivity index (χ2v) is 5.59. The van der Waals surface area contributed by atoms with Gasteiger partial charge in [0.15, 0.2) is 0 Å². The van der Waals surface area contributed by atoms with Gasteiger partial charge >= 0.3 is 8.80 Å². The van der Waals surface area contributed by atoms with Gasteiger partial charge in [0.1, 0.15) is 0 Å². The first-order valence-electron chi connectivity index (χ1n) is 5.79. The van der Waals surface area contributed by atoms with Gasteiger partial charge in [0.2, 0.25) is 0 Å². The number of epoxide rings is 1. The lowest BCUT2D eigenvalue weighted by Crippen LogP contribution is -2.47. The van der Waals surface area contributed by atoms with Gasteiger partial charge in [0.05, 0.1) is 38.6 Å². The second-order valence-electron chi connectivity index (χ2n) is 3.31. The molecule has 17 heavy (non-hydrogen) atoms. The third-order valence-corrected chi connectivity index (χ3v) is 3.86. The van der Waals surface area contributed by atoms with Crippen LogP contribution in [0, 0.1) is 0 Å².